The molecule has 8 heteroatoms. The number of benzene rings is 1. The number of carboxylic acids is 1. The summed E-state index contributed by atoms with van der Waals surface area (Å²) in [5.74, 6) is -1.09. The van der Waals surface area contributed by atoms with E-state index in [1.807, 2.05) is 54.7 Å². The van der Waals surface area contributed by atoms with E-state index in [4.69, 9.17) is 5.10 Å². The van der Waals surface area contributed by atoms with Crippen LogP contribution in [0, 0.1) is 0 Å². The van der Waals surface area contributed by atoms with Gasteiger partial charge in [0.05, 0.1) is 34.8 Å². The van der Waals surface area contributed by atoms with Crippen LogP contribution in [0.15, 0.2) is 71.7 Å². The number of rotatable bonds is 5. The van der Waals surface area contributed by atoms with Gasteiger partial charge in [-0.3, -0.25) is 9.59 Å². The lowest BCUT2D eigenvalue weighted by molar-refractivity contribution is -0.147. The zero-order chi connectivity index (χ0) is 23.0. The molecule has 2 atom stereocenters. The van der Waals surface area contributed by atoms with Crippen molar-refractivity contribution in [3.8, 4) is 22.5 Å². The van der Waals surface area contributed by atoms with Gasteiger partial charge in [0, 0.05) is 17.8 Å². The molecule has 1 aliphatic carbocycles. The van der Waals surface area contributed by atoms with Gasteiger partial charge >= 0.3 is 5.97 Å². The van der Waals surface area contributed by atoms with Crippen LogP contribution in [0.25, 0.3) is 28.0 Å². The third-order valence-corrected chi connectivity index (χ3v) is 6.38. The standard InChI is InChI=1S/C25H24N4O4/c30-21-13-12-18(26-29(21)20-11-4-6-14-25(20,33)16-22(31)32)23-19-10-5-7-15-28(19)27-24(23)17-8-2-1-3-9-17/h1-3,5,7-10,12-13,15,20,33H,4,6,11,14,16H2,(H,31,32). The van der Waals surface area contributed by atoms with Crippen LogP contribution >= 0.6 is 0 Å². The van der Waals surface area contributed by atoms with Crippen molar-refractivity contribution in [2.45, 2.75) is 43.7 Å². The first-order chi connectivity index (χ1) is 16.0. The van der Waals surface area contributed by atoms with E-state index in [0.717, 1.165) is 28.8 Å². The van der Waals surface area contributed by atoms with Crippen LogP contribution in [0.4, 0.5) is 0 Å². The maximum absolute atomic E-state index is 12.9. The number of fused-ring (bicyclic) bond motifs is 1. The minimum atomic E-state index is -1.52. The molecule has 0 amide bonds. The highest BCUT2D eigenvalue weighted by molar-refractivity contribution is 5.90. The van der Waals surface area contributed by atoms with Crippen LogP contribution in [0.1, 0.15) is 38.1 Å². The number of pyridine rings is 1. The van der Waals surface area contributed by atoms with E-state index in [1.54, 1.807) is 10.6 Å². The fourth-order valence-corrected chi connectivity index (χ4v) is 4.85. The summed E-state index contributed by atoms with van der Waals surface area (Å²) in [6.07, 6.45) is 3.72. The summed E-state index contributed by atoms with van der Waals surface area (Å²) in [6.45, 7) is 0. The van der Waals surface area contributed by atoms with Crippen LogP contribution < -0.4 is 5.56 Å². The first-order valence-corrected chi connectivity index (χ1v) is 11.0. The van der Waals surface area contributed by atoms with Crippen LogP contribution in [0.2, 0.25) is 0 Å². The summed E-state index contributed by atoms with van der Waals surface area (Å²) in [5, 5.41) is 30.0. The zero-order valence-electron chi connectivity index (χ0n) is 18.0. The average Bonchev–Trinajstić information content (AvgIpc) is 3.20. The average molecular weight is 444 g/mol. The minimum Gasteiger partial charge on any atom is -0.481 e. The molecule has 0 aliphatic heterocycles. The molecule has 4 aromatic rings. The highest BCUT2D eigenvalue weighted by Gasteiger charge is 2.43. The predicted molar refractivity (Wildman–Crippen MR) is 123 cm³/mol. The first-order valence-electron chi connectivity index (χ1n) is 11.0. The Labute approximate surface area is 189 Å². The molecule has 168 valence electrons. The molecule has 0 radical (unpaired) electrons. The van der Waals surface area contributed by atoms with Crippen molar-refractivity contribution in [2.24, 2.45) is 0 Å². The summed E-state index contributed by atoms with van der Waals surface area (Å²) >= 11 is 0. The van der Waals surface area contributed by atoms with Crippen LogP contribution in [-0.2, 0) is 4.79 Å². The lowest BCUT2D eigenvalue weighted by Gasteiger charge is -2.39. The molecule has 1 fully saturated rings. The number of aliphatic carboxylic acids is 1. The summed E-state index contributed by atoms with van der Waals surface area (Å²) in [4.78, 5) is 24.3. The van der Waals surface area contributed by atoms with Crippen LogP contribution in [0.3, 0.4) is 0 Å². The third-order valence-electron chi connectivity index (χ3n) is 6.38. The molecule has 5 rings (SSSR count). The number of aromatic nitrogens is 4. The Morgan fingerprint density at radius 2 is 1.82 bits per heavy atom. The van der Waals surface area contributed by atoms with Crippen molar-refractivity contribution in [1.29, 1.82) is 0 Å². The van der Waals surface area contributed by atoms with E-state index in [1.165, 1.54) is 10.7 Å². The van der Waals surface area contributed by atoms with Gasteiger partial charge in [-0.15, -0.1) is 0 Å². The van der Waals surface area contributed by atoms with Gasteiger partial charge < -0.3 is 10.2 Å². The van der Waals surface area contributed by atoms with Gasteiger partial charge in [0.1, 0.15) is 5.69 Å². The fraction of sp³-hybridized carbons (Fsp3) is 0.280. The summed E-state index contributed by atoms with van der Waals surface area (Å²) in [7, 11) is 0. The predicted octanol–water partition coefficient (Wildman–Crippen LogP) is 3.55. The Balaban J connectivity index is 1.69. The van der Waals surface area contributed by atoms with Crippen molar-refractivity contribution < 1.29 is 15.0 Å². The Kier molecular flexibility index (Phi) is 5.30. The smallest absolute Gasteiger partial charge is 0.306 e. The second-order valence-corrected chi connectivity index (χ2v) is 8.56. The molecule has 0 saturated heterocycles. The van der Waals surface area contributed by atoms with Crippen molar-refractivity contribution in [1.82, 2.24) is 19.4 Å². The molecular weight excluding hydrogens is 420 g/mol. The third kappa shape index (κ3) is 3.82. The normalized spacial score (nSPS) is 20.7. The van der Waals surface area contributed by atoms with Gasteiger partial charge in [0.2, 0.25) is 0 Å². The maximum Gasteiger partial charge on any atom is 0.306 e. The summed E-state index contributed by atoms with van der Waals surface area (Å²) < 4.78 is 3.05. The molecule has 8 nitrogen and oxygen atoms in total. The highest BCUT2D eigenvalue weighted by atomic mass is 16.4. The Hall–Kier alpha value is -3.78. The van der Waals surface area contributed by atoms with E-state index in [0.29, 0.717) is 25.0 Å². The zero-order valence-corrected chi connectivity index (χ0v) is 18.0. The van der Waals surface area contributed by atoms with E-state index < -0.39 is 24.0 Å². The van der Waals surface area contributed by atoms with E-state index in [9.17, 15) is 19.8 Å². The second-order valence-electron chi connectivity index (χ2n) is 8.56. The van der Waals surface area contributed by atoms with E-state index in [2.05, 4.69) is 5.10 Å². The molecular formula is C25H24N4O4. The molecule has 1 saturated carbocycles. The van der Waals surface area contributed by atoms with E-state index in [-0.39, 0.29) is 5.56 Å². The summed E-state index contributed by atoms with van der Waals surface area (Å²) in [6, 6.07) is 17.9. The van der Waals surface area contributed by atoms with Gasteiger partial charge in [-0.05, 0) is 31.0 Å². The molecule has 0 bridgehead atoms. The molecule has 1 aromatic carbocycles. The van der Waals surface area contributed by atoms with Gasteiger partial charge in [-0.25, -0.2) is 9.20 Å². The van der Waals surface area contributed by atoms with Gasteiger partial charge in [0.15, 0.2) is 0 Å². The number of carbonyl (C=O) groups is 1. The number of aliphatic hydroxyl groups is 1. The Morgan fingerprint density at radius 1 is 1.03 bits per heavy atom. The van der Waals surface area contributed by atoms with Crippen molar-refractivity contribution in [3.05, 3.63) is 77.2 Å². The second kappa shape index (κ2) is 8.29. The van der Waals surface area contributed by atoms with Crippen LogP contribution in [-0.4, -0.2) is 41.2 Å². The van der Waals surface area contributed by atoms with E-state index >= 15 is 0 Å². The molecule has 2 unspecified atom stereocenters. The maximum atomic E-state index is 12.9. The highest BCUT2D eigenvalue weighted by Crippen LogP contribution is 2.40. The Bertz CT molecular complexity index is 1380. The van der Waals surface area contributed by atoms with Crippen molar-refractivity contribution >= 4 is 11.5 Å². The van der Waals surface area contributed by atoms with Crippen LogP contribution in [0.5, 0.6) is 0 Å². The number of carboxylic acid groups (broad SMARTS) is 1. The lowest BCUT2D eigenvalue weighted by atomic mass is 9.78. The van der Waals surface area contributed by atoms with Gasteiger partial charge in [0.25, 0.3) is 5.56 Å². The van der Waals surface area contributed by atoms with Gasteiger partial charge in [-0.1, -0.05) is 49.2 Å². The Morgan fingerprint density at radius 3 is 2.61 bits per heavy atom. The molecule has 2 N–H and O–H groups in total. The minimum absolute atomic E-state index is 0.314. The molecule has 3 aromatic heterocycles. The van der Waals surface area contributed by atoms with Crippen molar-refractivity contribution in [3.63, 3.8) is 0 Å². The van der Waals surface area contributed by atoms with Crippen molar-refractivity contribution in [2.75, 3.05) is 0 Å². The lowest BCUT2D eigenvalue weighted by Crippen LogP contribution is -2.47. The first kappa shape index (κ1) is 21.1. The quantitative estimate of drug-likeness (QED) is 0.487. The molecule has 0 spiro atoms. The summed E-state index contributed by atoms with van der Waals surface area (Å²) in [5.41, 5.74) is 1.89. The number of nitrogens with zero attached hydrogens (tertiary/aromatic N) is 4. The number of hydrogen-bond donors (Lipinski definition) is 2. The molecule has 1 aliphatic rings. The molecule has 3 heterocycles. The van der Waals surface area contributed by atoms with Gasteiger partial charge in [-0.2, -0.15) is 10.2 Å². The topological polar surface area (TPSA) is 110 Å². The monoisotopic (exact) mass is 444 g/mol. The largest absolute Gasteiger partial charge is 0.481 e. The SMILES string of the molecule is O=C(O)CC1(O)CCCCC1n1nc(-c2c(-c3ccccc3)nn3ccccc23)ccc1=O. The fourth-order valence-electron chi connectivity index (χ4n) is 4.85. The molecule has 33 heavy (non-hydrogen) atoms. The number of hydrogen-bond acceptors (Lipinski definition) is 5.